The number of hydrogen-bond acceptors (Lipinski definition) is 2. The van der Waals surface area contributed by atoms with E-state index in [1.807, 2.05) is 0 Å². The summed E-state index contributed by atoms with van der Waals surface area (Å²) < 4.78 is 0. The average Bonchev–Trinajstić information content (AvgIpc) is 2.01. The van der Waals surface area contributed by atoms with Crippen LogP contribution in [0.5, 0.6) is 0 Å². The molecule has 0 amide bonds. The van der Waals surface area contributed by atoms with Crippen molar-refractivity contribution >= 4 is 56.9 Å². The number of carbonyl (C=O) groups is 2. The first-order valence-corrected chi connectivity index (χ1v) is 4.85. The molecule has 0 unspecified atom stereocenters. The third-order valence-corrected chi connectivity index (χ3v) is 1.54. The van der Waals surface area contributed by atoms with Crippen molar-refractivity contribution in [2.24, 2.45) is 0 Å². The third-order valence-electron chi connectivity index (χ3n) is 0.590. The van der Waals surface area contributed by atoms with Gasteiger partial charge in [-0.15, -0.1) is 23.2 Å². The minimum absolute atomic E-state index is 0.0316. The van der Waals surface area contributed by atoms with E-state index in [-0.39, 0.29) is 12.8 Å². The predicted octanol–water partition coefficient (Wildman–Crippen LogP) is 2.76. The lowest BCUT2D eigenvalue weighted by atomic mass is 10.4. The van der Waals surface area contributed by atoms with Crippen molar-refractivity contribution in [2.75, 3.05) is 11.8 Å². The van der Waals surface area contributed by atoms with Gasteiger partial charge in [0.05, 0.1) is 0 Å². The van der Waals surface area contributed by atoms with Crippen molar-refractivity contribution in [3.05, 3.63) is 0 Å². The predicted molar refractivity (Wildman–Crippen MR) is 52.4 cm³/mol. The van der Waals surface area contributed by atoms with Gasteiger partial charge in [0.15, 0.2) is 0 Å². The molecule has 12 heavy (non-hydrogen) atoms. The summed E-state index contributed by atoms with van der Waals surface area (Å²) in [4.78, 5) is 19.8. The lowest BCUT2D eigenvalue weighted by molar-refractivity contribution is -0.116. The minimum atomic E-state index is -0.529. The molecule has 0 spiro atoms. The van der Waals surface area contributed by atoms with Gasteiger partial charge in [0, 0.05) is 24.6 Å². The maximum Gasteiger partial charge on any atom is 0.222 e. The van der Waals surface area contributed by atoms with Gasteiger partial charge in [0.2, 0.25) is 10.5 Å². The normalized spacial score (nSPS) is 8.33. The zero-order valence-corrected chi connectivity index (χ0v) is 9.18. The molecule has 0 aromatic heterocycles. The Morgan fingerprint density at radius 3 is 1.17 bits per heavy atom. The van der Waals surface area contributed by atoms with E-state index in [2.05, 4.69) is 0 Å². The summed E-state index contributed by atoms with van der Waals surface area (Å²) >= 11 is 19.9. The number of halogens is 4. The van der Waals surface area contributed by atoms with Gasteiger partial charge in [-0.25, -0.2) is 0 Å². The molecule has 2 nitrogen and oxygen atoms in total. The van der Waals surface area contributed by atoms with Crippen molar-refractivity contribution in [2.45, 2.75) is 12.8 Å². The number of rotatable bonds is 4. The molecule has 0 aromatic carbocycles. The highest BCUT2D eigenvalue weighted by Gasteiger charge is 1.99. The van der Waals surface area contributed by atoms with Crippen molar-refractivity contribution in [3.8, 4) is 0 Å². The second kappa shape index (κ2) is 11.5. The van der Waals surface area contributed by atoms with E-state index < -0.39 is 10.5 Å². The number of alkyl halides is 2. The average molecular weight is 254 g/mol. The molecule has 0 heterocycles. The van der Waals surface area contributed by atoms with Gasteiger partial charge in [-0.3, -0.25) is 9.59 Å². The largest absolute Gasteiger partial charge is 0.281 e. The molecular formula is C6H8Cl4O2. The van der Waals surface area contributed by atoms with Crippen LogP contribution in [-0.2, 0) is 9.59 Å². The molecule has 6 heteroatoms. The van der Waals surface area contributed by atoms with Crippen LogP contribution in [-0.4, -0.2) is 22.2 Å². The highest BCUT2D eigenvalue weighted by Crippen LogP contribution is 1.97. The maximum absolute atomic E-state index is 9.90. The van der Waals surface area contributed by atoms with Crippen molar-refractivity contribution in [1.29, 1.82) is 0 Å². The lowest BCUT2D eigenvalue weighted by Crippen LogP contribution is -1.90. The van der Waals surface area contributed by atoms with Gasteiger partial charge < -0.3 is 0 Å². The van der Waals surface area contributed by atoms with Gasteiger partial charge in [-0.1, -0.05) is 0 Å². The summed E-state index contributed by atoms with van der Waals surface area (Å²) in [6.45, 7) is 0. The molecule has 0 saturated carbocycles. The van der Waals surface area contributed by atoms with Gasteiger partial charge in [0.25, 0.3) is 0 Å². The molecule has 0 atom stereocenters. The Morgan fingerprint density at radius 1 is 0.833 bits per heavy atom. The summed E-state index contributed by atoms with van der Waals surface area (Å²) in [5.74, 6) is 1.11. The Bertz CT molecular complexity index is 122. The highest BCUT2D eigenvalue weighted by atomic mass is 35.5. The lowest BCUT2D eigenvalue weighted by Gasteiger charge is -1.83. The SMILES string of the molecule is ClCCCl.O=C(Cl)CCC(=O)Cl. The zero-order valence-electron chi connectivity index (χ0n) is 6.16. The molecule has 0 aromatic rings. The second-order valence-electron chi connectivity index (χ2n) is 1.59. The van der Waals surface area contributed by atoms with E-state index in [1.165, 1.54) is 0 Å². The number of hydrogen-bond donors (Lipinski definition) is 0. The molecule has 0 aliphatic carbocycles. The monoisotopic (exact) mass is 252 g/mol. The molecule has 0 bridgehead atoms. The van der Waals surface area contributed by atoms with Crippen molar-refractivity contribution in [3.63, 3.8) is 0 Å². The fourth-order valence-corrected chi connectivity index (χ4v) is 0.386. The highest BCUT2D eigenvalue weighted by molar-refractivity contribution is 6.65. The van der Waals surface area contributed by atoms with Crippen LogP contribution < -0.4 is 0 Å². The zero-order chi connectivity index (χ0) is 9.98. The summed E-state index contributed by atoms with van der Waals surface area (Å²) in [5, 5.41) is -1.06. The molecule has 0 saturated heterocycles. The van der Waals surface area contributed by atoms with E-state index in [1.54, 1.807) is 0 Å². The molecule has 0 aliphatic rings. The number of carbonyl (C=O) groups excluding carboxylic acids is 2. The van der Waals surface area contributed by atoms with E-state index in [0.717, 1.165) is 0 Å². The fraction of sp³-hybridized carbons (Fsp3) is 0.667. The molecule has 0 rings (SSSR count). The van der Waals surface area contributed by atoms with E-state index in [0.29, 0.717) is 11.8 Å². The van der Waals surface area contributed by atoms with Crippen LogP contribution in [0.15, 0.2) is 0 Å². The first-order chi connectivity index (χ1) is 5.54. The van der Waals surface area contributed by atoms with E-state index in [4.69, 9.17) is 46.4 Å². The van der Waals surface area contributed by atoms with Crippen LogP contribution in [0.1, 0.15) is 12.8 Å². The molecule has 72 valence electrons. The van der Waals surface area contributed by atoms with Gasteiger partial charge >= 0.3 is 0 Å². The van der Waals surface area contributed by atoms with Crippen LogP contribution in [0.25, 0.3) is 0 Å². The molecule has 0 radical (unpaired) electrons. The first-order valence-electron chi connectivity index (χ1n) is 3.03. The Labute approximate surface area is 91.1 Å². The fourth-order valence-electron chi connectivity index (χ4n) is 0.197. The minimum Gasteiger partial charge on any atom is -0.281 e. The smallest absolute Gasteiger partial charge is 0.222 e. The van der Waals surface area contributed by atoms with Crippen LogP contribution in [0.3, 0.4) is 0 Å². The summed E-state index contributed by atoms with van der Waals surface area (Å²) in [6, 6.07) is 0. The van der Waals surface area contributed by atoms with Gasteiger partial charge in [-0.2, -0.15) is 0 Å². The Morgan fingerprint density at radius 2 is 1.08 bits per heavy atom. The van der Waals surface area contributed by atoms with Crippen LogP contribution >= 0.6 is 46.4 Å². The van der Waals surface area contributed by atoms with Crippen LogP contribution in [0, 0.1) is 0 Å². The summed E-state index contributed by atoms with van der Waals surface area (Å²) in [6.07, 6.45) is 0.0633. The maximum atomic E-state index is 9.90. The van der Waals surface area contributed by atoms with Gasteiger partial charge in [0.1, 0.15) is 0 Å². The molecule has 0 N–H and O–H groups in total. The standard InChI is InChI=1S/C4H4Cl2O2.C2H4Cl2/c5-3(7)1-2-4(6)8;3-1-2-4/h1-2H2;1-2H2. The first kappa shape index (κ1) is 15.0. The summed E-state index contributed by atoms with van der Waals surface area (Å²) in [5.41, 5.74) is 0. The Hall–Kier alpha value is 0.500. The van der Waals surface area contributed by atoms with E-state index in [9.17, 15) is 9.59 Å². The van der Waals surface area contributed by atoms with Crippen LogP contribution in [0.4, 0.5) is 0 Å². The topological polar surface area (TPSA) is 34.1 Å². The van der Waals surface area contributed by atoms with Crippen molar-refractivity contribution < 1.29 is 9.59 Å². The molecular weight excluding hydrogens is 246 g/mol. The molecule has 0 aliphatic heterocycles. The Kier molecular flexibility index (Phi) is 14.4. The summed E-state index contributed by atoms with van der Waals surface area (Å²) in [7, 11) is 0. The van der Waals surface area contributed by atoms with E-state index >= 15 is 0 Å². The van der Waals surface area contributed by atoms with Gasteiger partial charge in [-0.05, 0) is 23.2 Å². The molecule has 0 fully saturated rings. The third kappa shape index (κ3) is 22.4. The quantitative estimate of drug-likeness (QED) is 0.571. The van der Waals surface area contributed by atoms with Crippen LogP contribution in [0.2, 0.25) is 0 Å². The Balaban J connectivity index is 0. The second-order valence-corrected chi connectivity index (χ2v) is 3.19. The van der Waals surface area contributed by atoms with Crippen molar-refractivity contribution in [1.82, 2.24) is 0 Å².